The molecule has 0 aromatic heterocycles. The summed E-state index contributed by atoms with van der Waals surface area (Å²) >= 11 is 0. The minimum Gasteiger partial charge on any atom is -0.370 e. The predicted octanol–water partition coefficient (Wildman–Crippen LogP) is -0.448. The molecule has 1 amide bonds. The highest BCUT2D eigenvalue weighted by Crippen LogP contribution is 2.28. The maximum atomic E-state index is 10.9. The SMILES string of the molecule is NC(=O)C1CCC(CN=C(N)N)CC1. The van der Waals surface area contributed by atoms with Gasteiger partial charge in [0.1, 0.15) is 0 Å². The van der Waals surface area contributed by atoms with Crippen LogP contribution in [0, 0.1) is 11.8 Å². The molecule has 0 aromatic rings. The van der Waals surface area contributed by atoms with E-state index >= 15 is 0 Å². The summed E-state index contributed by atoms with van der Waals surface area (Å²) < 4.78 is 0. The molecule has 1 rings (SSSR count). The van der Waals surface area contributed by atoms with Gasteiger partial charge in [0.25, 0.3) is 0 Å². The van der Waals surface area contributed by atoms with Gasteiger partial charge in [0.2, 0.25) is 5.91 Å². The van der Waals surface area contributed by atoms with Crippen molar-refractivity contribution in [2.75, 3.05) is 6.54 Å². The molecule has 1 aliphatic rings. The molecule has 6 N–H and O–H groups in total. The number of aliphatic imine (C=N–C) groups is 1. The average molecular weight is 198 g/mol. The molecule has 0 heterocycles. The van der Waals surface area contributed by atoms with Crippen LogP contribution in [0.3, 0.4) is 0 Å². The quantitative estimate of drug-likeness (QED) is 0.422. The number of guanidine groups is 1. The van der Waals surface area contributed by atoms with Crippen LogP contribution in [0.15, 0.2) is 4.99 Å². The summed E-state index contributed by atoms with van der Waals surface area (Å²) in [5.74, 6) is 0.533. The van der Waals surface area contributed by atoms with Crippen molar-refractivity contribution >= 4 is 11.9 Å². The molecule has 5 heteroatoms. The summed E-state index contributed by atoms with van der Waals surface area (Å²) in [7, 11) is 0. The van der Waals surface area contributed by atoms with Crippen LogP contribution in [0.1, 0.15) is 25.7 Å². The molecule has 0 aliphatic heterocycles. The summed E-state index contributed by atoms with van der Waals surface area (Å²) in [5, 5.41) is 0. The molecular weight excluding hydrogens is 180 g/mol. The Balaban J connectivity index is 2.29. The largest absolute Gasteiger partial charge is 0.370 e. The lowest BCUT2D eigenvalue weighted by Gasteiger charge is -2.25. The highest BCUT2D eigenvalue weighted by molar-refractivity contribution is 5.76. The molecular formula is C9H18N4O. The van der Waals surface area contributed by atoms with Crippen LogP contribution in [0.25, 0.3) is 0 Å². The van der Waals surface area contributed by atoms with E-state index in [1.165, 1.54) is 0 Å². The molecule has 80 valence electrons. The van der Waals surface area contributed by atoms with Crippen molar-refractivity contribution in [1.29, 1.82) is 0 Å². The average Bonchev–Trinajstić information content (AvgIpc) is 2.15. The Kier molecular flexibility index (Phi) is 3.73. The van der Waals surface area contributed by atoms with Gasteiger partial charge in [-0.05, 0) is 31.6 Å². The fourth-order valence-corrected chi connectivity index (χ4v) is 1.86. The zero-order valence-corrected chi connectivity index (χ0v) is 8.28. The van der Waals surface area contributed by atoms with Crippen LogP contribution in [-0.4, -0.2) is 18.4 Å². The second kappa shape index (κ2) is 4.83. The third-order valence-electron chi connectivity index (χ3n) is 2.78. The van der Waals surface area contributed by atoms with Gasteiger partial charge in [-0.3, -0.25) is 9.79 Å². The lowest BCUT2D eigenvalue weighted by molar-refractivity contribution is -0.122. The van der Waals surface area contributed by atoms with E-state index in [4.69, 9.17) is 17.2 Å². The van der Waals surface area contributed by atoms with Crippen LogP contribution in [0.2, 0.25) is 0 Å². The molecule has 1 fully saturated rings. The molecule has 0 aromatic carbocycles. The van der Waals surface area contributed by atoms with Crippen molar-refractivity contribution in [2.45, 2.75) is 25.7 Å². The second-order valence-corrected chi connectivity index (χ2v) is 3.89. The maximum absolute atomic E-state index is 10.9. The Hall–Kier alpha value is -1.26. The third kappa shape index (κ3) is 3.24. The number of hydrogen-bond acceptors (Lipinski definition) is 2. The van der Waals surface area contributed by atoms with Crippen molar-refractivity contribution in [3.63, 3.8) is 0 Å². The van der Waals surface area contributed by atoms with E-state index < -0.39 is 0 Å². The van der Waals surface area contributed by atoms with Crippen LogP contribution in [0.4, 0.5) is 0 Å². The molecule has 0 bridgehead atoms. The molecule has 5 nitrogen and oxygen atoms in total. The fraction of sp³-hybridized carbons (Fsp3) is 0.778. The molecule has 0 saturated heterocycles. The van der Waals surface area contributed by atoms with Crippen molar-refractivity contribution in [3.8, 4) is 0 Å². The van der Waals surface area contributed by atoms with E-state index in [0.29, 0.717) is 12.5 Å². The van der Waals surface area contributed by atoms with Crippen LogP contribution < -0.4 is 17.2 Å². The minimum absolute atomic E-state index is 0.0606. The maximum Gasteiger partial charge on any atom is 0.220 e. The van der Waals surface area contributed by atoms with Gasteiger partial charge in [-0.1, -0.05) is 0 Å². The smallest absolute Gasteiger partial charge is 0.220 e. The number of amides is 1. The van der Waals surface area contributed by atoms with Gasteiger partial charge < -0.3 is 17.2 Å². The van der Waals surface area contributed by atoms with Gasteiger partial charge in [-0.25, -0.2) is 0 Å². The van der Waals surface area contributed by atoms with Crippen molar-refractivity contribution in [2.24, 2.45) is 34.0 Å². The Morgan fingerprint density at radius 2 is 1.71 bits per heavy atom. The summed E-state index contributed by atoms with van der Waals surface area (Å²) in [4.78, 5) is 14.9. The van der Waals surface area contributed by atoms with Gasteiger partial charge in [0.15, 0.2) is 5.96 Å². The summed E-state index contributed by atoms with van der Waals surface area (Å²) in [6.07, 6.45) is 3.73. The van der Waals surface area contributed by atoms with Gasteiger partial charge in [0, 0.05) is 12.5 Å². The van der Waals surface area contributed by atoms with E-state index in [1.54, 1.807) is 0 Å². The highest BCUT2D eigenvalue weighted by atomic mass is 16.1. The first-order valence-electron chi connectivity index (χ1n) is 4.94. The first-order valence-corrected chi connectivity index (χ1v) is 4.94. The number of primary amides is 1. The number of carbonyl (C=O) groups excluding carboxylic acids is 1. The van der Waals surface area contributed by atoms with Gasteiger partial charge >= 0.3 is 0 Å². The highest BCUT2D eigenvalue weighted by Gasteiger charge is 2.24. The molecule has 14 heavy (non-hydrogen) atoms. The lowest BCUT2D eigenvalue weighted by Crippen LogP contribution is -2.29. The number of nitrogens with zero attached hydrogens (tertiary/aromatic N) is 1. The van der Waals surface area contributed by atoms with E-state index in [1.807, 2.05) is 0 Å². The van der Waals surface area contributed by atoms with Crippen molar-refractivity contribution < 1.29 is 4.79 Å². The first kappa shape index (κ1) is 10.8. The second-order valence-electron chi connectivity index (χ2n) is 3.89. The number of rotatable bonds is 3. The Morgan fingerprint density at radius 3 is 2.14 bits per heavy atom. The summed E-state index contributed by atoms with van der Waals surface area (Å²) in [6.45, 7) is 0.674. The Labute approximate surface area is 83.7 Å². The standard InChI is InChI=1S/C9H18N4O/c10-8(14)7-3-1-6(2-4-7)5-13-9(11)12/h6-7H,1-5H2,(H2,10,14)(H4,11,12,13). The number of hydrogen-bond donors (Lipinski definition) is 3. The van der Waals surface area contributed by atoms with Crippen LogP contribution in [-0.2, 0) is 4.79 Å². The number of nitrogens with two attached hydrogens (primary N) is 3. The minimum atomic E-state index is -0.176. The fourth-order valence-electron chi connectivity index (χ4n) is 1.86. The van der Waals surface area contributed by atoms with Crippen molar-refractivity contribution in [1.82, 2.24) is 0 Å². The van der Waals surface area contributed by atoms with Crippen LogP contribution >= 0.6 is 0 Å². The third-order valence-corrected chi connectivity index (χ3v) is 2.78. The van der Waals surface area contributed by atoms with E-state index in [9.17, 15) is 4.79 Å². The molecule has 1 saturated carbocycles. The van der Waals surface area contributed by atoms with Gasteiger partial charge in [-0.2, -0.15) is 0 Å². The Morgan fingerprint density at radius 1 is 1.14 bits per heavy atom. The Bertz CT molecular complexity index is 227. The molecule has 1 aliphatic carbocycles. The predicted molar refractivity (Wildman–Crippen MR) is 55.3 cm³/mol. The molecule has 0 atom stereocenters. The normalized spacial score (nSPS) is 26.9. The van der Waals surface area contributed by atoms with Gasteiger partial charge in [0.05, 0.1) is 0 Å². The van der Waals surface area contributed by atoms with E-state index in [0.717, 1.165) is 25.7 Å². The zero-order valence-electron chi connectivity index (χ0n) is 8.28. The lowest BCUT2D eigenvalue weighted by atomic mass is 9.82. The molecule has 0 spiro atoms. The van der Waals surface area contributed by atoms with Crippen LogP contribution in [0.5, 0.6) is 0 Å². The monoisotopic (exact) mass is 198 g/mol. The number of carbonyl (C=O) groups is 1. The van der Waals surface area contributed by atoms with E-state index in [-0.39, 0.29) is 17.8 Å². The zero-order chi connectivity index (χ0) is 10.6. The van der Waals surface area contributed by atoms with Crippen molar-refractivity contribution in [3.05, 3.63) is 0 Å². The molecule has 0 unspecified atom stereocenters. The molecule has 0 radical (unpaired) electrons. The van der Waals surface area contributed by atoms with E-state index in [2.05, 4.69) is 4.99 Å². The first-order chi connectivity index (χ1) is 6.59. The summed E-state index contributed by atoms with van der Waals surface area (Å²) in [5.41, 5.74) is 15.7. The topological polar surface area (TPSA) is 107 Å². The summed E-state index contributed by atoms with van der Waals surface area (Å²) in [6, 6.07) is 0. The van der Waals surface area contributed by atoms with Gasteiger partial charge in [-0.15, -0.1) is 0 Å².